The smallest absolute Gasteiger partial charge is 0.203 e. The van der Waals surface area contributed by atoms with Gasteiger partial charge in [-0.25, -0.2) is 9.98 Å². The number of nitrogens with one attached hydrogen (secondary N) is 1. The van der Waals surface area contributed by atoms with E-state index in [1.54, 1.807) is 0 Å². The van der Waals surface area contributed by atoms with Gasteiger partial charge in [0.1, 0.15) is 0 Å². The maximum atomic E-state index is 4.65. The van der Waals surface area contributed by atoms with Crippen molar-refractivity contribution < 1.29 is 0 Å². The number of halogens is 1. The molecule has 0 atom stereocenters. The molecule has 0 aromatic carbocycles. The van der Waals surface area contributed by atoms with Crippen molar-refractivity contribution in [3.63, 3.8) is 0 Å². The van der Waals surface area contributed by atoms with Crippen molar-refractivity contribution in [1.82, 2.24) is 15.1 Å². The normalized spacial score (nSPS) is 22.2. The Hall–Kier alpha value is -0.970. The maximum Gasteiger partial charge on any atom is 0.203 e. The summed E-state index contributed by atoms with van der Waals surface area (Å²) in [6, 6.07) is 0. The predicted molar refractivity (Wildman–Crippen MR) is 73.8 cm³/mol. The number of guanidine groups is 2. The fourth-order valence-electron chi connectivity index (χ4n) is 1.99. The summed E-state index contributed by atoms with van der Waals surface area (Å²) >= 11 is 0. The van der Waals surface area contributed by atoms with Crippen LogP contribution in [0.4, 0.5) is 0 Å². The van der Waals surface area contributed by atoms with E-state index in [-0.39, 0.29) is 18.1 Å². The molecule has 2 heterocycles. The fourth-order valence-corrected chi connectivity index (χ4v) is 1.99. The van der Waals surface area contributed by atoms with Crippen molar-refractivity contribution in [2.45, 2.75) is 32.4 Å². The summed E-state index contributed by atoms with van der Waals surface area (Å²) in [6.45, 7) is 6.27. The van der Waals surface area contributed by atoms with E-state index in [9.17, 15) is 0 Å². The molecule has 0 saturated carbocycles. The molecule has 0 aliphatic carbocycles. The van der Waals surface area contributed by atoms with Crippen molar-refractivity contribution >= 4 is 24.3 Å². The molecule has 0 aromatic heterocycles. The topological polar surface area (TPSA) is 43.2 Å². The van der Waals surface area contributed by atoms with Gasteiger partial charge in [-0.2, -0.15) is 0 Å². The van der Waals surface area contributed by atoms with E-state index in [4.69, 9.17) is 0 Å². The third-order valence-electron chi connectivity index (χ3n) is 2.81. The van der Waals surface area contributed by atoms with Crippen LogP contribution in [0.15, 0.2) is 9.98 Å². The van der Waals surface area contributed by atoms with Crippen LogP contribution in [0.2, 0.25) is 0 Å². The molecule has 2 aliphatic rings. The van der Waals surface area contributed by atoms with Crippen molar-refractivity contribution in [2.24, 2.45) is 9.98 Å². The molecule has 2 rings (SSSR count). The summed E-state index contributed by atoms with van der Waals surface area (Å²) in [5.74, 6) is 1.86. The third kappa shape index (κ3) is 3.25. The zero-order chi connectivity index (χ0) is 11.8. The van der Waals surface area contributed by atoms with E-state index in [0.717, 1.165) is 25.0 Å². The minimum atomic E-state index is -0.358. The monoisotopic (exact) mass is 259 g/mol. The summed E-state index contributed by atoms with van der Waals surface area (Å²) in [6.07, 6.45) is 2.52. The van der Waals surface area contributed by atoms with Crippen LogP contribution in [0.1, 0.15) is 26.7 Å². The molecule has 0 spiro atoms. The number of aliphatic imine (C=N–C) groups is 2. The highest BCUT2D eigenvalue weighted by Crippen LogP contribution is 2.17. The van der Waals surface area contributed by atoms with E-state index in [0.29, 0.717) is 0 Å². The molecule has 0 amide bonds. The minimum Gasteiger partial charge on any atom is -0.349 e. The summed E-state index contributed by atoms with van der Waals surface area (Å²) in [5.41, 5.74) is -0.358. The minimum absolute atomic E-state index is 0. The second-order valence-electron chi connectivity index (χ2n) is 5.08. The molecular weight excluding hydrogens is 238 g/mol. The van der Waals surface area contributed by atoms with Gasteiger partial charge in [0, 0.05) is 27.2 Å². The molecule has 0 radical (unpaired) electrons. The molecule has 0 bridgehead atoms. The van der Waals surface area contributed by atoms with Gasteiger partial charge in [-0.1, -0.05) is 0 Å². The highest BCUT2D eigenvalue weighted by molar-refractivity contribution is 6.00. The van der Waals surface area contributed by atoms with Crippen molar-refractivity contribution in [3.8, 4) is 0 Å². The van der Waals surface area contributed by atoms with Gasteiger partial charge >= 0.3 is 0 Å². The fraction of sp³-hybridized carbons (Fsp3) is 0.818. The van der Waals surface area contributed by atoms with Crippen LogP contribution in [0.25, 0.3) is 0 Å². The lowest BCUT2D eigenvalue weighted by Crippen LogP contribution is -2.52. The van der Waals surface area contributed by atoms with Gasteiger partial charge in [0.25, 0.3) is 0 Å². The number of likely N-dealkylation sites (tertiary alicyclic amines) is 1. The van der Waals surface area contributed by atoms with Crippen LogP contribution in [0, 0.1) is 0 Å². The van der Waals surface area contributed by atoms with Gasteiger partial charge in [-0.15, -0.1) is 12.4 Å². The summed E-state index contributed by atoms with van der Waals surface area (Å²) < 4.78 is 0. The molecule has 2 aliphatic heterocycles. The standard InChI is InChI=1S/C11H21N5.ClH/c1-11(2)13-9(15(3)4)12-10(14-11)16-7-5-6-8-16;/h5-8H2,1-4H3,(H,12,13,14);1H. The Morgan fingerprint density at radius 2 is 1.76 bits per heavy atom. The summed E-state index contributed by atoms with van der Waals surface area (Å²) in [5, 5.41) is 3.30. The van der Waals surface area contributed by atoms with Gasteiger partial charge in [-0.05, 0) is 26.7 Å². The first-order valence-corrected chi connectivity index (χ1v) is 5.87. The zero-order valence-electron chi connectivity index (χ0n) is 11.0. The van der Waals surface area contributed by atoms with Gasteiger partial charge in [0.05, 0.1) is 0 Å². The van der Waals surface area contributed by atoms with Gasteiger partial charge < -0.3 is 9.80 Å². The van der Waals surface area contributed by atoms with E-state index in [2.05, 4.69) is 20.2 Å². The lowest BCUT2D eigenvalue weighted by Gasteiger charge is -2.32. The van der Waals surface area contributed by atoms with Crippen LogP contribution < -0.4 is 5.32 Å². The Kier molecular flexibility index (Phi) is 4.25. The predicted octanol–water partition coefficient (Wildman–Crippen LogP) is 1.12. The van der Waals surface area contributed by atoms with Gasteiger partial charge in [0.2, 0.25) is 11.9 Å². The summed E-state index contributed by atoms with van der Waals surface area (Å²) in [4.78, 5) is 13.5. The van der Waals surface area contributed by atoms with Crippen molar-refractivity contribution in [1.29, 1.82) is 0 Å². The second kappa shape index (κ2) is 5.12. The molecular formula is C11H22ClN5. The molecule has 6 heteroatoms. The number of hydrogen-bond acceptors (Lipinski definition) is 5. The van der Waals surface area contributed by atoms with Crippen LogP contribution in [0.5, 0.6) is 0 Å². The van der Waals surface area contributed by atoms with Crippen molar-refractivity contribution in [3.05, 3.63) is 0 Å². The van der Waals surface area contributed by atoms with Crippen LogP contribution in [-0.2, 0) is 0 Å². The molecule has 17 heavy (non-hydrogen) atoms. The van der Waals surface area contributed by atoms with Crippen LogP contribution >= 0.6 is 12.4 Å². The lowest BCUT2D eigenvalue weighted by molar-refractivity contribution is 0.447. The van der Waals surface area contributed by atoms with Crippen LogP contribution in [0.3, 0.4) is 0 Å². The molecule has 0 unspecified atom stereocenters. The Bertz CT molecular complexity index is 329. The first kappa shape index (κ1) is 14.1. The Balaban J connectivity index is 0.00000144. The SMILES string of the molecule is CN(C)C1=NC(C)(C)N=C(N2CCCC2)N1.Cl. The lowest BCUT2D eigenvalue weighted by atomic mass is 10.2. The Morgan fingerprint density at radius 1 is 1.18 bits per heavy atom. The van der Waals surface area contributed by atoms with Gasteiger partial charge in [-0.3, -0.25) is 5.32 Å². The average Bonchev–Trinajstić information content (AvgIpc) is 2.67. The highest BCUT2D eigenvalue weighted by atomic mass is 35.5. The van der Waals surface area contributed by atoms with Crippen LogP contribution in [-0.4, -0.2) is 54.6 Å². The molecule has 0 aromatic rings. The van der Waals surface area contributed by atoms with E-state index in [1.165, 1.54) is 12.8 Å². The van der Waals surface area contributed by atoms with E-state index >= 15 is 0 Å². The largest absolute Gasteiger partial charge is 0.349 e. The molecule has 1 fully saturated rings. The van der Waals surface area contributed by atoms with E-state index < -0.39 is 0 Å². The molecule has 98 valence electrons. The summed E-state index contributed by atoms with van der Waals surface area (Å²) in [7, 11) is 3.99. The highest BCUT2D eigenvalue weighted by Gasteiger charge is 2.27. The van der Waals surface area contributed by atoms with E-state index in [1.807, 2.05) is 32.8 Å². The first-order valence-electron chi connectivity index (χ1n) is 5.87. The number of hydrogen-bond donors (Lipinski definition) is 1. The Labute approximate surface area is 109 Å². The van der Waals surface area contributed by atoms with Gasteiger partial charge in [0.15, 0.2) is 5.66 Å². The zero-order valence-corrected chi connectivity index (χ0v) is 11.8. The van der Waals surface area contributed by atoms with Crippen molar-refractivity contribution in [2.75, 3.05) is 27.2 Å². The molecule has 1 saturated heterocycles. The third-order valence-corrected chi connectivity index (χ3v) is 2.81. The molecule has 5 nitrogen and oxygen atoms in total. The quantitative estimate of drug-likeness (QED) is 0.709. The average molecular weight is 260 g/mol. The second-order valence-corrected chi connectivity index (χ2v) is 5.08. The maximum absolute atomic E-state index is 4.65. The number of nitrogens with zero attached hydrogens (tertiary/aromatic N) is 4. The molecule has 1 N–H and O–H groups in total. The first-order chi connectivity index (χ1) is 7.48. The number of rotatable bonds is 0. The Morgan fingerprint density at radius 3 is 2.29 bits per heavy atom.